The van der Waals surface area contributed by atoms with E-state index in [4.69, 9.17) is 14.2 Å². The highest BCUT2D eigenvalue weighted by Gasteiger charge is 2.29. The predicted octanol–water partition coefficient (Wildman–Crippen LogP) is 5.10. The highest BCUT2D eigenvalue weighted by Crippen LogP contribution is 2.31. The summed E-state index contributed by atoms with van der Waals surface area (Å²) in [5.74, 6) is 1.01. The summed E-state index contributed by atoms with van der Waals surface area (Å²) in [6.07, 6.45) is 1.58. The molecule has 2 aromatic rings. The molecule has 0 saturated heterocycles. The quantitative estimate of drug-likeness (QED) is 0.413. The van der Waals surface area contributed by atoms with Crippen LogP contribution >= 0.6 is 0 Å². The molecule has 0 radical (unpaired) electrons. The molecule has 0 fully saturated rings. The molecule has 2 aromatic carbocycles. The molecule has 0 atom stereocenters. The lowest BCUT2D eigenvalue weighted by Crippen LogP contribution is -2.21. The van der Waals surface area contributed by atoms with Crippen molar-refractivity contribution in [1.82, 2.24) is 0 Å². The van der Waals surface area contributed by atoms with Gasteiger partial charge < -0.3 is 14.2 Å². The number of amides is 1. The van der Waals surface area contributed by atoms with Crippen molar-refractivity contribution in [2.45, 2.75) is 40.7 Å². The van der Waals surface area contributed by atoms with E-state index >= 15 is 0 Å². The molecule has 0 aromatic heterocycles. The number of carbonyl (C=O) groups excluding carboxylic acids is 2. The van der Waals surface area contributed by atoms with Gasteiger partial charge in [0.1, 0.15) is 0 Å². The van der Waals surface area contributed by atoms with Crippen LogP contribution in [0, 0.1) is 5.92 Å². The Morgan fingerprint density at radius 3 is 2.36 bits per heavy atom. The number of methoxy groups -OCH3 is 1. The first kappa shape index (κ1) is 24.0. The van der Waals surface area contributed by atoms with Gasteiger partial charge in [-0.1, -0.05) is 19.9 Å². The lowest BCUT2D eigenvalue weighted by Gasteiger charge is -2.13. The van der Waals surface area contributed by atoms with Gasteiger partial charge >= 0.3 is 5.97 Å². The number of esters is 1. The van der Waals surface area contributed by atoms with Gasteiger partial charge in [-0.3, -0.25) is 4.79 Å². The van der Waals surface area contributed by atoms with Gasteiger partial charge in [0, 0.05) is 0 Å². The summed E-state index contributed by atoms with van der Waals surface area (Å²) in [6.45, 7) is 10.1. The Kier molecular flexibility index (Phi) is 7.53. The first-order valence-electron chi connectivity index (χ1n) is 10.9. The van der Waals surface area contributed by atoms with Gasteiger partial charge in [0.2, 0.25) is 0 Å². The number of rotatable bonds is 8. The Morgan fingerprint density at radius 2 is 1.76 bits per heavy atom. The molecule has 33 heavy (non-hydrogen) atoms. The number of benzene rings is 2. The van der Waals surface area contributed by atoms with Crippen LogP contribution in [-0.4, -0.2) is 37.4 Å². The number of carbonyl (C=O) groups is 2. The third-order valence-corrected chi connectivity index (χ3v) is 4.82. The van der Waals surface area contributed by atoms with E-state index in [1.807, 2.05) is 18.2 Å². The Balaban J connectivity index is 1.80. The molecule has 1 aliphatic heterocycles. The molecule has 0 spiro atoms. The molecule has 3 rings (SSSR count). The molecule has 0 aliphatic carbocycles. The number of ether oxygens (including phenoxy) is 3. The Morgan fingerprint density at radius 1 is 1.06 bits per heavy atom. The van der Waals surface area contributed by atoms with E-state index in [9.17, 15) is 9.59 Å². The van der Waals surface area contributed by atoms with Crippen LogP contribution in [0.25, 0.3) is 6.08 Å². The summed E-state index contributed by atoms with van der Waals surface area (Å²) >= 11 is 0. The minimum absolute atomic E-state index is 0.202. The average Bonchev–Trinajstić information content (AvgIpc) is 3.05. The Bertz CT molecular complexity index is 1080. The number of hydrogen-bond acceptors (Lipinski definition) is 6. The van der Waals surface area contributed by atoms with Crippen LogP contribution in [0.5, 0.6) is 11.5 Å². The van der Waals surface area contributed by atoms with Gasteiger partial charge in [0.25, 0.3) is 5.91 Å². The maximum atomic E-state index is 13.1. The normalized spacial score (nSPS) is 14.8. The summed E-state index contributed by atoms with van der Waals surface area (Å²) < 4.78 is 16.5. The minimum atomic E-state index is -0.403. The van der Waals surface area contributed by atoms with E-state index in [0.29, 0.717) is 46.6 Å². The van der Waals surface area contributed by atoms with Crippen LogP contribution in [0.2, 0.25) is 0 Å². The van der Waals surface area contributed by atoms with Crippen LogP contribution in [0.15, 0.2) is 53.1 Å². The molecule has 1 heterocycles. The molecule has 174 valence electrons. The van der Waals surface area contributed by atoms with Crippen LogP contribution in [0.3, 0.4) is 0 Å². The maximum absolute atomic E-state index is 13.1. The van der Waals surface area contributed by atoms with Gasteiger partial charge in [-0.25, -0.2) is 4.79 Å². The van der Waals surface area contributed by atoms with Gasteiger partial charge in [-0.2, -0.15) is 10.1 Å². The summed E-state index contributed by atoms with van der Waals surface area (Å²) in [6, 6.07) is 12.2. The first-order valence-corrected chi connectivity index (χ1v) is 10.9. The Hall–Kier alpha value is -3.61. The molecular weight excluding hydrogens is 420 g/mol. The zero-order valence-electron chi connectivity index (χ0n) is 19.9. The van der Waals surface area contributed by atoms with Crippen LogP contribution in [0.1, 0.15) is 50.5 Å². The fraction of sp³-hybridized carbons (Fsp3) is 0.346. The van der Waals surface area contributed by atoms with Crippen molar-refractivity contribution in [2.24, 2.45) is 11.0 Å². The second-order valence-electron chi connectivity index (χ2n) is 8.48. The number of hydrazone groups is 1. The van der Waals surface area contributed by atoms with Gasteiger partial charge in [0.05, 0.1) is 42.4 Å². The third-order valence-electron chi connectivity index (χ3n) is 4.82. The van der Waals surface area contributed by atoms with Crippen molar-refractivity contribution in [1.29, 1.82) is 0 Å². The molecule has 0 bridgehead atoms. The third kappa shape index (κ3) is 5.80. The second kappa shape index (κ2) is 10.3. The van der Waals surface area contributed by atoms with Gasteiger partial charge in [-0.05, 0) is 74.7 Å². The van der Waals surface area contributed by atoms with Gasteiger partial charge in [-0.15, -0.1) is 0 Å². The monoisotopic (exact) mass is 450 g/mol. The number of hydrogen-bond donors (Lipinski definition) is 0. The summed E-state index contributed by atoms with van der Waals surface area (Å²) in [4.78, 5) is 25.1. The van der Waals surface area contributed by atoms with Crippen molar-refractivity contribution in [3.63, 3.8) is 0 Å². The largest absolute Gasteiger partial charge is 0.493 e. The molecule has 7 heteroatoms. The Labute approximate surface area is 194 Å². The predicted molar refractivity (Wildman–Crippen MR) is 129 cm³/mol. The maximum Gasteiger partial charge on any atom is 0.338 e. The first-order chi connectivity index (χ1) is 15.7. The highest BCUT2D eigenvalue weighted by atomic mass is 16.5. The second-order valence-corrected chi connectivity index (χ2v) is 8.48. The van der Waals surface area contributed by atoms with E-state index < -0.39 is 5.97 Å². The fourth-order valence-electron chi connectivity index (χ4n) is 3.20. The lowest BCUT2D eigenvalue weighted by molar-refractivity contribution is -0.114. The number of anilines is 1. The van der Waals surface area contributed by atoms with E-state index in [2.05, 4.69) is 18.9 Å². The van der Waals surface area contributed by atoms with Crippen LogP contribution < -0.4 is 14.5 Å². The zero-order valence-corrected chi connectivity index (χ0v) is 19.9. The molecule has 0 saturated carbocycles. The molecule has 0 unspecified atom stereocenters. The highest BCUT2D eigenvalue weighted by molar-refractivity contribution is 6.32. The summed E-state index contributed by atoms with van der Waals surface area (Å²) in [5, 5.41) is 5.74. The standard InChI is InChI=1S/C26H30N2O5/c1-16(2)15-32-23-12-7-19(14-24(23)31-6)13-22-18(5)27-28(25(22)29)21-10-8-20(9-11-21)26(30)33-17(3)4/h7-14,16-17H,15H2,1-6H3. The SMILES string of the molecule is COc1cc(C=C2C(=O)N(c3ccc(C(=O)OC(C)C)cc3)N=C2C)ccc1OCC(C)C. The summed E-state index contributed by atoms with van der Waals surface area (Å²) in [5.41, 5.74) is 2.87. The van der Waals surface area contributed by atoms with Crippen molar-refractivity contribution in [3.05, 3.63) is 59.2 Å². The molecule has 1 aliphatic rings. The van der Waals surface area contributed by atoms with Gasteiger partial charge in [0.15, 0.2) is 11.5 Å². The molecule has 7 nitrogen and oxygen atoms in total. The van der Waals surface area contributed by atoms with E-state index in [1.165, 1.54) is 5.01 Å². The van der Waals surface area contributed by atoms with E-state index in [-0.39, 0.29) is 12.0 Å². The fourth-order valence-corrected chi connectivity index (χ4v) is 3.20. The van der Waals surface area contributed by atoms with Crippen LogP contribution in [0.4, 0.5) is 5.69 Å². The minimum Gasteiger partial charge on any atom is -0.493 e. The molecule has 1 amide bonds. The number of nitrogens with zero attached hydrogens (tertiary/aromatic N) is 2. The average molecular weight is 451 g/mol. The van der Waals surface area contributed by atoms with Crippen molar-refractivity contribution in [3.8, 4) is 11.5 Å². The smallest absolute Gasteiger partial charge is 0.338 e. The van der Waals surface area contributed by atoms with Crippen molar-refractivity contribution < 1.29 is 23.8 Å². The summed E-state index contributed by atoms with van der Waals surface area (Å²) in [7, 11) is 1.59. The van der Waals surface area contributed by atoms with E-state index in [0.717, 1.165) is 5.56 Å². The van der Waals surface area contributed by atoms with Crippen molar-refractivity contribution >= 4 is 29.4 Å². The van der Waals surface area contributed by atoms with Crippen molar-refractivity contribution in [2.75, 3.05) is 18.7 Å². The van der Waals surface area contributed by atoms with E-state index in [1.54, 1.807) is 58.2 Å². The zero-order chi connectivity index (χ0) is 24.1. The molecule has 0 N–H and O–H groups in total. The van der Waals surface area contributed by atoms with Crippen LogP contribution in [-0.2, 0) is 9.53 Å². The molecular formula is C26H30N2O5. The lowest BCUT2D eigenvalue weighted by atomic mass is 10.1. The topological polar surface area (TPSA) is 77.4 Å².